The van der Waals surface area contributed by atoms with Gasteiger partial charge in [0, 0.05) is 5.56 Å². The van der Waals surface area contributed by atoms with Crippen LogP contribution in [0.5, 0.6) is 0 Å². The van der Waals surface area contributed by atoms with E-state index in [-0.39, 0.29) is 11.8 Å². The zero-order valence-corrected chi connectivity index (χ0v) is 14.4. The van der Waals surface area contributed by atoms with Crippen molar-refractivity contribution in [1.29, 1.82) is 0 Å². The van der Waals surface area contributed by atoms with Gasteiger partial charge in [0.1, 0.15) is 12.1 Å². The van der Waals surface area contributed by atoms with Gasteiger partial charge in [0.15, 0.2) is 0 Å². The van der Waals surface area contributed by atoms with E-state index in [1.165, 1.54) is 6.92 Å². The van der Waals surface area contributed by atoms with Crippen molar-refractivity contribution in [3.8, 4) is 0 Å². The van der Waals surface area contributed by atoms with Gasteiger partial charge in [0.2, 0.25) is 5.91 Å². The largest absolute Gasteiger partial charge is 0.480 e. The van der Waals surface area contributed by atoms with Gasteiger partial charge in [-0.2, -0.15) is 0 Å². The summed E-state index contributed by atoms with van der Waals surface area (Å²) in [7, 11) is 0. The predicted octanol–water partition coefficient (Wildman–Crippen LogP) is 2.18. The number of rotatable bonds is 6. The van der Waals surface area contributed by atoms with Crippen molar-refractivity contribution in [2.75, 3.05) is 0 Å². The van der Waals surface area contributed by atoms with Crippen LogP contribution in [0.2, 0.25) is 0 Å². The first-order valence-corrected chi connectivity index (χ1v) is 8.13. The summed E-state index contributed by atoms with van der Waals surface area (Å²) in [6, 6.07) is 11.0. The standard InChI is InChI=1S/C19H22N2O4/c1-11(2)16(18(23)20-12(3)19(24)25)21-17(22)15-10-6-8-13-7-4-5-9-14(13)15/h4-12,16H,1-3H3,(H,20,23)(H,21,22)(H,24,25)/t12-,16-/m0/s1. The Morgan fingerprint density at radius 3 is 2.20 bits per heavy atom. The van der Waals surface area contributed by atoms with Crippen molar-refractivity contribution in [2.45, 2.75) is 32.9 Å². The zero-order valence-electron chi connectivity index (χ0n) is 14.4. The molecule has 25 heavy (non-hydrogen) atoms. The molecule has 0 bridgehead atoms. The van der Waals surface area contributed by atoms with E-state index in [2.05, 4.69) is 10.6 Å². The summed E-state index contributed by atoms with van der Waals surface area (Å²) in [5.74, 6) is -2.21. The molecule has 0 saturated heterocycles. The lowest BCUT2D eigenvalue weighted by Crippen LogP contribution is -2.53. The van der Waals surface area contributed by atoms with Gasteiger partial charge in [-0.05, 0) is 29.7 Å². The van der Waals surface area contributed by atoms with E-state index >= 15 is 0 Å². The average molecular weight is 342 g/mol. The van der Waals surface area contributed by atoms with Crippen LogP contribution in [0.4, 0.5) is 0 Å². The maximum atomic E-state index is 12.7. The van der Waals surface area contributed by atoms with Crippen LogP contribution in [-0.2, 0) is 9.59 Å². The fourth-order valence-electron chi connectivity index (χ4n) is 2.54. The number of aliphatic carboxylic acids is 1. The Morgan fingerprint density at radius 1 is 0.920 bits per heavy atom. The van der Waals surface area contributed by atoms with Crippen LogP contribution in [0.25, 0.3) is 10.8 Å². The van der Waals surface area contributed by atoms with E-state index in [9.17, 15) is 14.4 Å². The van der Waals surface area contributed by atoms with Crippen LogP contribution in [0.1, 0.15) is 31.1 Å². The van der Waals surface area contributed by atoms with Gasteiger partial charge >= 0.3 is 5.97 Å². The minimum absolute atomic E-state index is 0.195. The number of benzene rings is 2. The molecule has 132 valence electrons. The second kappa shape index (κ2) is 7.79. The first-order chi connectivity index (χ1) is 11.8. The molecule has 2 aromatic carbocycles. The Hall–Kier alpha value is -2.89. The average Bonchev–Trinajstić information content (AvgIpc) is 2.58. The number of carbonyl (C=O) groups excluding carboxylic acids is 2. The highest BCUT2D eigenvalue weighted by molar-refractivity contribution is 6.08. The van der Waals surface area contributed by atoms with E-state index < -0.39 is 24.0 Å². The summed E-state index contributed by atoms with van der Waals surface area (Å²) >= 11 is 0. The third kappa shape index (κ3) is 4.35. The van der Waals surface area contributed by atoms with E-state index in [4.69, 9.17) is 5.11 Å². The van der Waals surface area contributed by atoms with Crippen LogP contribution >= 0.6 is 0 Å². The second-order valence-electron chi connectivity index (χ2n) is 6.29. The second-order valence-corrected chi connectivity index (χ2v) is 6.29. The molecule has 2 amide bonds. The Balaban J connectivity index is 2.22. The molecule has 3 N–H and O–H groups in total. The maximum Gasteiger partial charge on any atom is 0.325 e. The summed E-state index contributed by atoms with van der Waals surface area (Å²) in [4.78, 5) is 35.9. The lowest BCUT2D eigenvalue weighted by Gasteiger charge is -2.23. The molecule has 2 aromatic rings. The first-order valence-electron chi connectivity index (χ1n) is 8.13. The Kier molecular flexibility index (Phi) is 5.75. The SMILES string of the molecule is CC(C)[C@H](NC(=O)c1cccc2ccccc12)C(=O)N[C@@H](C)C(=O)O. The summed E-state index contributed by atoms with van der Waals surface area (Å²) in [5, 5.41) is 15.8. The lowest BCUT2D eigenvalue weighted by molar-refractivity contribution is -0.141. The molecular weight excluding hydrogens is 320 g/mol. The molecule has 0 heterocycles. The molecule has 0 saturated carbocycles. The Bertz CT molecular complexity index is 796. The maximum absolute atomic E-state index is 12.7. The normalized spacial score (nSPS) is 13.3. The molecule has 0 fully saturated rings. The number of nitrogens with one attached hydrogen (secondary N) is 2. The molecule has 0 aliphatic rings. The highest BCUT2D eigenvalue weighted by Gasteiger charge is 2.27. The smallest absolute Gasteiger partial charge is 0.325 e. The lowest BCUT2D eigenvalue weighted by atomic mass is 10.0. The highest BCUT2D eigenvalue weighted by atomic mass is 16.4. The molecule has 0 spiro atoms. The molecule has 0 aromatic heterocycles. The number of amides is 2. The van der Waals surface area contributed by atoms with Gasteiger partial charge in [-0.1, -0.05) is 50.2 Å². The van der Waals surface area contributed by atoms with Gasteiger partial charge < -0.3 is 15.7 Å². The molecule has 0 unspecified atom stereocenters. The van der Waals surface area contributed by atoms with Crippen molar-refractivity contribution < 1.29 is 19.5 Å². The van der Waals surface area contributed by atoms with Gasteiger partial charge in [-0.3, -0.25) is 14.4 Å². The molecule has 0 radical (unpaired) electrons. The zero-order chi connectivity index (χ0) is 18.6. The van der Waals surface area contributed by atoms with Crippen molar-refractivity contribution in [3.05, 3.63) is 48.0 Å². The highest BCUT2D eigenvalue weighted by Crippen LogP contribution is 2.19. The number of fused-ring (bicyclic) bond motifs is 1. The van der Waals surface area contributed by atoms with Gasteiger partial charge in [0.25, 0.3) is 5.91 Å². The summed E-state index contributed by atoms with van der Waals surface area (Å²) in [5.41, 5.74) is 0.475. The molecule has 6 nitrogen and oxygen atoms in total. The summed E-state index contributed by atoms with van der Waals surface area (Å²) < 4.78 is 0. The van der Waals surface area contributed by atoms with Crippen molar-refractivity contribution in [2.24, 2.45) is 5.92 Å². The fourth-order valence-corrected chi connectivity index (χ4v) is 2.54. The van der Waals surface area contributed by atoms with Crippen LogP contribution < -0.4 is 10.6 Å². The number of hydrogen-bond donors (Lipinski definition) is 3. The predicted molar refractivity (Wildman–Crippen MR) is 95.3 cm³/mol. The molecule has 2 atom stereocenters. The van der Waals surface area contributed by atoms with E-state index in [0.717, 1.165) is 10.8 Å². The third-order valence-electron chi connectivity index (χ3n) is 4.00. The van der Waals surface area contributed by atoms with Crippen LogP contribution in [0.15, 0.2) is 42.5 Å². The van der Waals surface area contributed by atoms with E-state index in [0.29, 0.717) is 5.56 Å². The molecule has 2 rings (SSSR count). The number of hydrogen-bond acceptors (Lipinski definition) is 3. The molecule has 0 aliphatic carbocycles. The minimum Gasteiger partial charge on any atom is -0.480 e. The molecular formula is C19H22N2O4. The van der Waals surface area contributed by atoms with Crippen LogP contribution in [0.3, 0.4) is 0 Å². The molecule has 6 heteroatoms. The summed E-state index contributed by atoms with van der Waals surface area (Å²) in [6.45, 7) is 4.96. The van der Waals surface area contributed by atoms with Gasteiger partial charge in [0.05, 0.1) is 0 Å². The third-order valence-corrected chi connectivity index (χ3v) is 4.00. The van der Waals surface area contributed by atoms with Crippen molar-refractivity contribution in [3.63, 3.8) is 0 Å². The number of carbonyl (C=O) groups is 3. The summed E-state index contributed by atoms with van der Waals surface area (Å²) in [6.07, 6.45) is 0. The van der Waals surface area contributed by atoms with Gasteiger partial charge in [-0.15, -0.1) is 0 Å². The van der Waals surface area contributed by atoms with Gasteiger partial charge in [-0.25, -0.2) is 0 Å². The van der Waals surface area contributed by atoms with E-state index in [1.54, 1.807) is 26.0 Å². The van der Waals surface area contributed by atoms with E-state index in [1.807, 2.05) is 30.3 Å². The monoisotopic (exact) mass is 342 g/mol. The fraction of sp³-hybridized carbons (Fsp3) is 0.316. The van der Waals surface area contributed by atoms with Crippen LogP contribution in [-0.4, -0.2) is 35.0 Å². The minimum atomic E-state index is -1.13. The van der Waals surface area contributed by atoms with Crippen molar-refractivity contribution in [1.82, 2.24) is 10.6 Å². The Labute approximate surface area is 146 Å². The van der Waals surface area contributed by atoms with Crippen molar-refractivity contribution >= 4 is 28.6 Å². The van der Waals surface area contributed by atoms with Crippen LogP contribution in [0, 0.1) is 5.92 Å². The topological polar surface area (TPSA) is 95.5 Å². The number of carboxylic acid groups (broad SMARTS) is 1. The molecule has 0 aliphatic heterocycles. The quantitative estimate of drug-likeness (QED) is 0.750. The number of carboxylic acids is 1. The Morgan fingerprint density at radius 2 is 1.56 bits per heavy atom. The first kappa shape index (κ1) is 18.4.